The van der Waals surface area contributed by atoms with Crippen LogP contribution in [0.1, 0.15) is 24.4 Å². The normalized spacial score (nSPS) is 14.4. The molecule has 0 unspecified atom stereocenters. The van der Waals surface area contributed by atoms with Gasteiger partial charge >= 0.3 is 0 Å². The summed E-state index contributed by atoms with van der Waals surface area (Å²) in [6.07, 6.45) is 1.94. The fourth-order valence-electron chi connectivity index (χ4n) is 1.61. The fourth-order valence-corrected chi connectivity index (χ4v) is 2.47. The number of hydrogen-bond acceptors (Lipinski definition) is 5. The van der Waals surface area contributed by atoms with Crippen LogP contribution in [0.3, 0.4) is 0 Å². The van der Waals surface area contributed by atoms with Gasteiger partial charge in [-0.3, -0.25) is 0 Å². The zero-order valence-electron chi connectivity index (χ0n) is 9.55. The van der Waals surface area contributed by atoms with E-state index in [0.717, 1.165) is 36.7 Å². The highest BCUT2D eigenvalue weighted by atomic mass is 32.2. The minimum absolute atomic E-state index is 0.0545. The van der Waals surface area contributed by atoms with Gasteiger partial charge in [0.1, 0.15) is 11.6 Å². The van der Waals surface area contributed by atoms with Crippen molar-refractivity contribution in [2.45, 2.75) is 28.9 Å². The van der Waals surface area contributed by atoms with E-state index in [1.165, 1.54) is 0 Å². The minimum atomic E-state index is -0.785. The first-order valence-corrected chi connectivity index (χ1v) is 6.35. The van der Waals surface area contributed by atoms with Crippen molar-refractivity contribution >= 4 is 11.8 Å². The summed E-state index contributed by atoms with van der Waals surface area (Å²) >= 11 is 0.829. The molecule has 8 heteroatoms. The first-order valence-electron chi connectivity index (χ1n) is 5.54. The van der Waals surface area contributed by atoms with Gasteiger partial charge in [0.2, 0.25) is 5.16 Å². The van der Waals surface area contributed by atoms with E-state index >= 15 is 0 Å². The van der Waals surface area contributed by atoms with Gasteiger partial charge in [-0.1, -0.05) is 0 Å². The number of nitriles is 1. The Bertz CT molecular complexity index is 651. The highest BCUT2D eigenvalue weighted by Crippen LogP contribution is 2.39. The Morgan fingerprint density at radius 3 is 2.58 bits per heavy atom. The summed E-state index contributed by atoms with van der Waals surface area (Å²) in [5.74, 6) is -1.57. The third-order valence-electron chi connectivity index (χ3n) is 2.68. The molecule has 0 aliphatic heterocycles. The van der Waals surface area contributed by atoms with E-state index in [1.54, 1.807) is 10.8 Å². The molecule has 1 aliphatic carbocycles. The van der Waals surface area contributed by atoms with E-state index in [9.17, 15) is 8.78 Å². The highest BCUT2D eigenvalue weighted by Gasteiger charge is 2.29. The Morgan fingerprint density at radius 2 is 2.00 bits per heavy atom. The van der Waals surface area contributed by atoms with Crippen LogP contribution in [0.4, 0.5) is 8.78 Å². The topological polar surface area (TPSA) is 67.4 Å². The van der Waals surface area contributed by atoms with Crippen LogP contribution in [0, 0.1) is 23.0 Å². The zero-order valence-corrected chi connectivity index (χ0v) is 10.4. The van der Waals surface area contributed by atoms with E-state index < -0.39 is 11.6 Å². The van der Waals surface area contributed by atoms with Crippen molar-refractivity contribution in [3.05, 3.63) is 29.3 Å². The van der Waals surface area contributed by atoms with Gasteiger partial charge in [-0.15, -0.1) is 5.10 Å². The summed E-state index contributed by atoms with van der Waals surface area (Å²) in [6, 6.07) is 3.92. The van der Waals surface area contributed by atoms with Gasteiger partial charge in [0.05, 0.1) is 22.6 Å². The SMILES string of the molecule is N#Cc1cc(F)c(Sc2nnnn2C2CC2)c(F)c1. The molecule has 0 N–H and O–H groups in total. The van der Waals surface area contributed by atoms with Crippen LogP contribution < -0.4 is 0 Å². The lowest BCUT2D eigenvalue weighted by Crippen LogP contribution is -1.99. The molecule has 96 valence electrons. The van der Waals surface area contributed by atoms with Gasteiger partial charge in [-0.05, 0) is 47.2 Å². The van der Waals surface area contributed by atoms with Crippen LogP contribution in [-0.4, -0.2) is 20.2 Å². The highest BCUT2D eigenvalue weighted by molar-refractivity contribution is 7.99. The van der Waals surface area contributed by atoms with E-state index in [4.69, 9.17) is 5.26 Å². The van der Waals surface area contributed by atoms with Crippen molar-refractivity contribution in [2.75, 3.05) is 0 Å². The van der Waals surface area contributed by atoms with Crippen molar-refractivity contribution in [3.8, 4) is 6.07 Å². The maximum Gasteiger partial charge on any atom is 0.214 e. The molecule has 1 aliphatic rings. The van der Waals surface area contributed by atoms with Crippen LogP contribution in [0.15, 0.2) is 22.2 Å². The van der Waals surface area contributed by atoms with E-state index in [-0.39, 0.29) is 16.5 Å². The summed E-state index contributed by atoms with van der Waals surface area (Å²) < 4.78 is 29.1. The smallest absolute Gasteiger partial charge is 0.214 e. The van der Waals surface area contributed by atoms with Gasteiger partial charge in [0.25, 0.3) is 0 Å². The molecule has 1 fully saturated rings. The molecule has 0 amide bonds. The molecule has 3 rings (SSSR count). The van der Waals surface area contributed by atoms with Crippen LogP contribution in [0.2, 0.25) is 0 Å². The van der Waals surface area contributed by atoms with Crippen molar-refractivity contribution in [1.82, 2.24) is 20.2 Å². The largest absolute Gasteiger partial charge is 0.217 e. The molecule has 0 saturated heterocycles. The Labute approximate surface area is 111 Å². The number of benzene rings is 1. The van der Waals surface area contributed by atoms with Crippen molar-refractivity contribution < 1.29 is 8.78 Å². The van der Waals surface area contributed by atoms with E-state index in [0.29, 0.717) is 5.16 Å². The first-order chi connectivity index (χ1) is 9.19. The average Bonchev–Trinajstić information content (AvgIpc) is 3.13. The van der Waals surface area contributed by atoms with Crippen LogP contribution >= 0.6 is 11.8 Å². The molecule has 1 heterocycles. The lowest BCUT2D eigenvalue weighted by atomic mass is 10.2. The number of nitrogens with zero attached hydrogens (tertiary/aromatic N) is 5. The Hall–Kier alpha value is -2.01. The second kappa shape index (κ2) is 4.59. The Balaban J connectivity index is 1.95. The van der Waals surface area contributed by atoms with Crippen molar-refractivity contribution in [3.63, 3.8) is 0 Å². The molecule has 1 aromatic heterocycles. The number of hydrogen-bond donors (Lipinski definition) is 0. The third kappa shape index (κ3) is 2.29. The van der Waals surface area contributed by atoms with Gasteiger partial charge in [0, 0.05) is 0 Å². The number of tetrazole rings is 1. The summed E-state index contributed by atoms with van der Waals surface area (Å²) in [7, 11) is 0. The van der Waals surface area contributed by atoms with Crippen molar-refractivity contribution in [1.29, 1.82) is 5.26 Å². The summed E-state index contributed by atoms with van der Waals surface area (Å²) in [6.45, 7) is 0. The number of halogens is 2. The summed E-state index contributed by atoms with van der Waals surface area (Å²) in [5.41, 5.74) is -0.0545. The van der Waals surface area contributed by atoms with Crippen molar-refractivity contribution in [2.24, 2.45) is 0 Å². The standard InChI is InChI=1S/C11H7F2N5S/c12-8-3-6(5-14)4-9(13)10(8)19-11-15-16-17-18(11)7-1-2-7/h3-4,7H,1-2H2. The molecule has 19 heavy (non-hydrogen) atoms. The molecule has 0 radical (unpaired) electrons. The Kier molecular flexibility index (Phi) is 2.91. The Morgan fingerprint density at radius 1 is 1.32 bits per heavy atom. The van der Waals surface area contributed by atoms with E-state index in [2.05, 4.69) is 15.5 Å². The lowest BCUT2D eigenvalue weighted by molar-refractivity contribution is 0.535. The van der Waals surface area contributed by atoms with Crippen LogP contribution in [-0.2, 0) is 0 Å². The van der Waals surface area contributed by atoms with Gasteiger partial charge in [0.15, 0.2) is 0 Å². The number of aromatic nitrogens is 4. The molecule has 0 atom stereocenters. The third-order valence-corrected chi connectivity index (χ3v) is 3.72. The minimum Gasteiger partial charge on any atom is -0.217 e. The fraction of sp³-hybridized carbons (Fsp3) is 0.273. The maximum atomic E-state index is 13.7. The van der Waals surface area contributed by atoms with E-state index in [1.807, 2.05) is 0 Å². The average molecular weight is 279 g/mol. The van der Waals surface area contributed by atoms with Gasteiger partial charge < -0.3 is 0 Å². The molecule has 0 bridgehead atoms. The molecule has 2 aromatic rings. The number of rotatable bonds is 3. The first kappa shape index (κ1) is 12.0. The van der Waals surface area contributed by atoms with Crippen LogP contribution in [0.25, 0.3) is 0 Å². The van der Waals surface area contributed by atoms with Gasteiger partial charge in [-0.25, -0.2) is 13.5 Å². The monoisotopic (exact) mass is 279 g/mol. The lowest BCUT2D eigenvalue weighted by Gasteiger charge is -2.05. The zero-order chi connectivity index (χ0) is 13.4. The second-order valence-electron chi connectivity index (χ2n) is 4.12. The molecule has 1 saturated carbocycles. The molecular weight excluding hydrogens is 272 g/mol. The molecule has 5 nitrogen and oxygen atoms in total. The maximum absolute atomic E-state index is 13.7. The predicted molar refractivity (Wildman–Crippen MR) is 61.3 cm³/mol. The summed E-state index contributed by atoms with van der Waals surface area (Å²) in [4.78, 5) is -0.198. The quantitative estimate of drug-likeness (QED) is 0.862. The molecule has 1 aromatic carbocycles. The van der Waals surface area contributed by atoms with Crippen LogP contribution in [0.5, 0.6) is 0 Å². The summed E-state index contributed by atoms with van der Waals surface area (Å²) in [5, 5.41) is 20.1. The molecule has 0 spiro atoms. The second-order valence-corrected chi connectivity index (χ2v) is 5.10. The predicted octanol–water partition coefficient (Wildman–Crippen LogP) is 2.31. The molecular formula is C11H7F2N5S. The van der Waals surface area contributed by atoms with Gasteiger partial charge in [-0.2, -0.15) is 5.26 Å².